The molecule has 1 aliphatic rings. The third-order valence-corrected chi connectivity index (χ3v) is 5.98. The smallest absolute Gasteiger partial charge is 0.341 e. The highest BCUT2D eigenvalue weighted by Gasteiger charge is 2.24. The Balaban J connectivity index is 1.82. The van der Waals surface area contributed by atoms with Crippen LogP contribution >= 0.6 is 11.3 Å². The molecule has 0 spiro atoms. The Morgan fingerprint density at radius 3 is 2.52 bits per heavy atom. The molecule has 1 fully saturated rings. The third kappa shape index (κ3) is 4.98. The van der Waals surface area contributed by atoms with Crippen LogP contribution in [0.2, 0.25) is 0 Å². The van der Waals surface area contributed by atoms with Crippen molar-refractivity contribution in [2.24, 2.45) is 5.92 Å². The Bertz CT molecular complexity index is 788. The number of thiophene rings is 1. The standard InChI is InChI=1S/C22H27NO3S/c1-3-26-22(25)20-18(17-11-9-15(2)10-12-17)14-27-21(20)23-19(24)13-16-7-5-4-6-8-16/h9-12,14,16H,3-8,13H2,1-2H3,(H,23,24). The molecule has 5 heteroatoms. The SMILES string of the molecule is CCOC(=O)c1c(-c2ccc(C)cc2)csc1NC(=O)CC1CCCCC1. The van der Waals surface area contributed by atoms with Gasteiger partial charge in [0.1, 0.15) is 10.6 Å². The summed E-state index contributed by atoms with van der Waals surface area (Å²) in [6, 6.07) is 8.02. The number of hydrogen-bond donors (Lipinski definition) is 1. The number of hydrogen-bond acceptors (Lipinski definition) is 4. The van der Waals surface area contributed by atoms with E-state index in [4.69, 9.17) is 4.74 Å². The molecule has 4 nitrogen and oxygen atoms in total. The molecule has 0 saturated heterocycles. The van der Waals surface area contributed by atoms with Crippen LogP contribution in [0.4, 0.5) is 5.00 Å². The van der Waals surface area contributed by atoms with Crippen molar-refractivity contribution in [2.75, 3.05) is 11.9 Å². The first kappa shape index (κ1) is 19.6. The highest BCUT2D eigenvalue weighted by Crippen LogP contribution is 2.37. The number of rotatable bonds is 6. The number of aryl methyl sites for hydroxylation is 1. The van der Waals surface area contributed by atoms with E-state index in [1.54, 1.807) is 6.92 Å². The molecular weight excluding hydrogens is 358 g/mol. The average molecular weight is 386 g/mol. The molecule has 0 unspecified atom stereocenters. The van der Waals surface area contributed by atoms with Crippen molar-refractivity contribution >= 4 is 28.2 Å². The number of carbonyl (C=O) groups is 2. The predicted octanol–water partition coefficient (Wildman–Crippen LogP) is 5.81. The minimum Gasteiger partial charge on any atom is -0.462 e. The molecule has 1 amide bonds. The number of ether oxygens (including phenoxy) is 1. The van der Waals surface area contributed by atoms with Gasteiger partial charge in [-0.2, -0.15) is 0 Å². The highest BCUT2D eigenvalue weighted by molar-refractivity contribution is 7.15. The van der Waals surface area contributed by atoms with E-state index in [9.17, 15) is 9.59 Å². The molecule has 0 aliphatic heterocycles. The van der Waals surface area contributed by atoms with E-state index in [-0.39, 0.29) is 11.9 Å². The summed E-state index contributed by atoms with van der Waals surface area (Å²) in [6.45, 7) is 4.12. The van der Waals surface area contributed by atoms with Crippen molar-refractivity contribution < 1.29 is 14.3 Å². The lowest BCUT2D eigenvalue weighted by atomic mass is 9.87. The Labute approximate surface area is 164 Å². The minimum atomic E-state index is -0.387. The van der Waals surface area contributed by atoms with Crippen LogP contribution in [0.3, 0.4) is 0 Å². The van der Waals surface area contributed by atoms with E-state index in [2.05, 4.69) is 5.32 Å². The maximum Gasteiger partial charge on any atom is 0.341 e. The molecule has 0 atom stereocenters. The second-order valence-electron chi connectivity index (χ2n) is 7.20. The number of esters is 1. The summed E-state index contributed by atoms with van der Waals surface area (Å²) < 4.78 is 5.26. The fraction of sp³-hybridized carbons (Fsp3) is 0.455. The zero-order valence-electron chi connectivity index (χ0n) is 16.0. The van der Waals surface area contributed by atoms with E-state index < -0.39 is 0 Å². The van der Waals surface area contributed by atoms with Crippen LogP contribution in [-0.2, 0) is 9.53 Å². The maximum atomic E-state index is 12.6. The second-order valence-corrected chi connectivity index (χ2v) is 8.08. The first-order valence-electron chi connectivity index (χ1n) is 9.74. The summed E-state index contributed by atoms with van der Waals surface area (Å²) in [4.78, 5) is 25.1. The Kier molecular flexibility index (Phi) is 6.67. The van der Waals surface area contributed by atoms with E-state index >= 15 is 0 Å². The molecule has 1 aliphatic carbocycles. The van der Waals surface area contributed by atoms with E-state index in [1.807, 2.05) is 36.6 Å². The number of anilines is 1. The zero-order valence-corrected chi connectivity index (χ0v) is 16.9. The van der Waals surface area contributed by atoms with Crippen LogP contribution in [0.25, 0.3) is 11.1 Å². The van der Waals surface area contributed by atoms with Crippen molar-refractivity contribution in [1.82, 2.24) is 0 Å². The maximum absolute atomic E-state index is 12.6. The van der Waals surface area contributed by atoms with Gasteiger partial charge in [-0.1, -0.05) is 49.1 Å². The topological polar surface area (TPSA) is 55.4 Å². The molecule has 0 bridgehead atoms. The molecule has 1 aromatic carbocycles. The van der Waals surface area contributed by atoms with Gasteiger partial charge in [0, 0.05) is 17.4 Å². The molecule has 1 saturated carbocycles. The molecular formula is C22H27NO3S. The molecule has 0 radical (unpaired) electrons. The van der Waals surface area contributed by atoms with Crippen molar-refractivity contribution in [2.45, 2.75) is 52.4 Å². The van der Waals surface area contributed by atoms with Crippen molar-refractivity contribution in [3.05, 3.63) is 40.8 Å². The van der Waals surface area contributed by atoms with Gasteiger partial charge >= 0.3 is 5.97 Å². The van der Waals surface area contributed by atoms with Crippen LogP contribution in [-0.4, -0.2) is 18.5 Å². The summed E-state index contributed by atoms with van der Waals surface area (Å²) in [6.07, 6.45) is 6.47. The molecule has 2 aromatic rings. The van der Waals surface area contributed by atoms with Crippen molar-refractivity contribution in [1.29, 1.82) is 0 Å². The Morgan fingerprint density at radius 1 is 1.15 bits per heavy atom. The molecule has 1 heterocycles. The minimum absolute atomic E-state index is 0.00949. The van der Waals surface area contributed by atoms with Crippen LogP contribution in [0.15, 0.2) is 29.6 Å². The van der Waals surface area contributed by atoms with Gasteiger partial charge in [0.25, 0.3) is 0 Å². The molecule has 27 heavy (non-hydrogen) atoms. The van der Waals surface area contributed by atoms with Gasteiger partial charge < -0.3 is 10.1 Å². The first-order valence-corrected chi connectivity index (χ1v) is 10.6. The highest BCUT2D eigenvalue weighted by atomic mass is 32.1. The average Bonchev–Trinajstić information content (AvgIpc) is 3.06. The van der Waals surface area contributed by atoms with Crippen LogP contribution in [0, 0.1) is 12.8 Å². The van der Waals surface area contributed by atoms with Crippen molar-refractivity contribution in [3.63, 3.8) is 0 Å². The summed E-state index contributed by atoms with van der Waals surface area (Å²) >= 11 is 1.39. The first-order chi connectivity index (χ1) is 13.1. The van der Waals surface area contributed by atoms with Gasteiger partial charge in [0.2, 0.25) is 5.91 Å². The van der Waals surface area contributed by atoms with Gasteiger partial charge in [0.05, 0.1) is 6.61 Å². The Hall–Kier alpha value is -2.14. The van der Waals surface area contributed by atoms with Crippen LogP contribution in [0.5, 0.6) is 0 Å². The van der Waals surface area contributed by atoms with E-state index in [1.165, 1.54) is 30.6 Å². The van der Waals surface area contributed by atoms with E-state index in [0.29, 0.717) is 29.5 Å². The van der Waals surface area contributed by atoms with Crippen LogP contribution < -0.4 is 5.32 Å². The summed E-state index contributed by atoms with van der Waals surface area (Å²) in [5.41, 5.74) is 3.38. The lowest BCUT2D eigenvalue weighted by Crippen LogP contribution is -2.19. The summed E-state index contributed by atoms with van der Waals surface area (Å²) in [5, 5.41) is 5.49. The van der Waals surface area contributed by atoms with Crippen LogP contribution in [0.1, 0.15) is 61.4 Å². The predicted molar refractivity (Wildman–Crippen MR) is 110 cm³/mol. The summed E-state index contributed by atoms with van der Waals surface area (Å²) in [7, 11) is 0. The lowest BCUT2D eigenvalue weighted by Gasteiger charge is -2.20. The fourth-order valence-electron chi connectivity index (χ4n) is 3.63. The fourth-order valence-corrected chi connectivity index (χ4v) is 4.61. The third-order valence-electron chi connectivity index (χ3n) is 5.08. The molecule has 144 valence electrons. The van der Waals surface area contributed by atoms with Gasteiger partial charge in [0.15, 0.2) is 0 Å². The van der Waals surface area contributed by atoms with Gasteiger partial charge in [-0.15, -0.1) is 11.3 Å². The van der Waals surface area contributed by atoms with Gasteiger partial charge in [-0.05, 0) is 38.2 Å². The quantitative estimate of drug-likeness (QED) is 0.639. The van der Waals surface area contributed by atoms with E-state index in [0.717, 1.165) is 29.5 Å². The molecule has 1 N–H and O–H groups in total. The number of nitrogens with one attached hydrogen (secondary N) is 1. The summed E-state index contributed by atoms with van der Waals surface area (Å²) in [5.74, 6) is 0.0633. The largest absolute Gasteiger partial charge is 0.462 e. The number of benzene rings is 1. The number of amides is 1. The number of carbonyl (C=O) groups excluding carboxylic acids is 2. The van der Waals surface area contributed by atoms with Crippen molar-refractivity contribution in [3.8, 4) is 11.1 Å². The molecule has 3 rings (SSSR count). The van der Waals surface area contributed by atoms with Gasteiger partial charge in [-0.3, -0.25) is 4.79 Å². The zero-order chi connectivity index (χ0) is 19.2. The lowest BCUT2D eigenvalue weighted by molar-refractivity contribution is -0.117. The monoisotopic (exact) mass is 385 g/mol. The van der Waals surface area contributed by atoms with Gasteiger partial charge in [-0.25, -0.2) is 4.79 Å². The normalized spacial score (nSPS) is 14.7. The Morgan fingerprint density at radius 2 is 1.85 bits per heavy atom. The second kappa shape index (κ2) is 9.18. The molecule has 1 aromatic heterocycles.